The quantitative estimate of drug-likeness (QED) is 0.250. The van der Waals surface area contributed by atoms with Crippen LogP contribution in [-0.4, -0.2) is 0 Å². The minimum atomic E-state index is 0. The third-order valence-electron chi connectivity index (χ3n) is 0. The molecule has 5 heavy (non-hydrogen) atoms. The Hall–Kier alpha value is 1.25. The summed E-state index contributed by atoms with van der Waals surface area (Å²) in [4.78, 5) is 0. The van der Waals surface area contributed by atoms with Crippen LogP contribution < -0.4 is 51.4 Å². The van der Waals surface area contributed by atoms with Crippen molar-refractivity contribution in [3.8, 4) is 0 Å². The molecular weight excluding hydrogens is 87.1 g/mol. The molecule has 0 saturated heterocycles. The molecule has 1 heteroatoms. The molecule has 0 unspecified atom stereocenters. The first-order valence-corrected chi connectivity index (χ1v) is 1.21. The molecule has 0 atom stereocenters. The van der Waals surface area contributed by atoms with E-state index in [1.54, 1.807) is 0 Å². The van der Waals surface area contributed by atoms with Gasteiger partial charge in [-0.15, -0.1) is 0 Å². The van der Waals surface area contributed by atoms with E-state index in [1.165, 1.54) is 0 Å². The Bertz CT molecular complexity index is 26.6. The van der Waals surface area contributed by atoms with E-state index in [0.717, 1.165) is 5.57 Å². The molecule has 0 spiro atoms. The third kappa shape index (κ3) is 35.6. The Morgan fingerprint density at radius 1 is 1.80 bits per heavy atom. The predicted molar refractivity (Wildman–Crippen MR) is 20.2 cm³/mol. The van der Waals surface area contributed by atoms with Crippen LogP contribution in [-0.2, 0) is 0 Å². The van der Waals surface area contributed by atoms with E-state index in [-0.39, 0.29) is 51.4 Å². The summed E-state index contributed by atoms with van der Waals surface area (Å²) in [6.45, 7) is 8.75. The van der Waals surface area contributed by atoms with Crippen LogP contribution in [0, 0.1) is 6.92 Å². The van der Waals surface area contributed by atoms with E-state index in [4.69, 9.17) is 0 Å². The Morgan fingerprint density at radius 3 is 1.80 bits per heavy atom. The van der Waals surface area contributed by atoms with Crippen molar-refractivity contribution >= 4 is 0 Å². The summed E-state index contributed by atoms with van der Waals surface area (Å²) in [6, 6.07) is 0. The van der Waals surface area contributed by atoms with Gasteiger partial charge in [0.1, 0.15) is 0 Å². The molecule has 0 radical (unpaired) electrons. The normalized spacial score (nSPS) is 5.00. The van der Waals surface area contributed by atoms with Gasteiger partial charge in [-0.2, -0.15) is 0 Å². The molecule has 0 aromatic rings. The molecule has 0 rings (SSSR count). The molecule has 0 heterocycles. The SMILES string of the molecule is C=C([CH2-])C.[K+]. The van der Waals surface area contributed by atoms with Gasteiger partial charge in [0.15, 0.2) is 0 Å². The Labute approximate surface area is 76.1 Å². The number of allylic oxidation sites excluding steroid dienone is 1. The second-order valence-electron chi connectivity index (χ2n) is 0.957. The zero-order chi connectivity index (χ0) is 3.58. The standard InChI is InChI=1S/C4H7.K/c1-4(2)3;/h1-2H2,3H3;/q-1;+1. The molecule has 0 nitrogen and oxygen atoms in total. The van der Waals surface area contributed by atoms with E-state index in [9.17, 15) is 0 Å². The number of rotatable bonds is 0. The molecule has 0 amide bonds. The fourth-order valence-electron chi connectivity index (χ4n) is 0. The van der Waals surface area contributed by atoms with Gasteiger partial charge < -0.3 is 0 Å². The van der Waals surface area contributed by atoms with Crippen molar-refractivity contribution in [3.63, 3.8) is 0 Å². The minimum Gasteiger partial charge on any atom is -0.242 e. The van der Waals surface area contributed by atoms with Gasteiger partial charge in [-0.1, -0.05) is 6.92 Å². The van der Waals surface area contributed by atoms with Gasteiger partial charge in [0, 0.05) is 0 Å². The molecule has 0 aromatic carbocycles. The molecule has 0 aromatic heterocycles. The summed E-state index contributed by atoms with van der Waals surface area (Å²) in [5.41, 5.74) is 0.917. The van der Waals surface area contributed by atoms with Crippen molar-refractivity contribution in [2.45, 2.75) is 6.92 Å². The van der Waals surface area contributed by atoms with Gasteiger partial charge in [0.05, 0.1) is 0 Å². The largest absolute Gasteiger partial charge is 1.00 e. The zero-order valence-electron chi connectivity index (χ0n) is 3.91. The molecule has 0 aliphatic carbocycles. The molecule has 0 bridgehead atoms. The average Bonchev–Trinajstić information content (AvgIpc) is 0.811. The van der Waals surface area contributed by atoms with E-state index in [2.05, 4.69) is 13.5 Å². The predicted octanol–water partition coefficient (Wildman–Crippen LogP) is -1.60. The van der Waals surface area contributed by atoms with E-state index >= 15 is 0 Å². The van der Waals surface area contributed by atoms with Gasteiger partial charge in [-0.25, -0.2) is 19.1 Å². The first kappa shape index (κ1) is 9.53. The minimum absolute atomic E-state index is 0. The van der Waals surface area contributed by atoms with Crippen molar-refractivity contribution in [1.82, 2.24) is 0 Å². The van der Waals surface area contributed by atoms with Crippen molar-refractivity contribution in [3.05, 3.63) is 19.1 Å². The van der Waals surface area contributed by atoms with E-state index in [1.807, 2.05) is 6.92 Å². The van der Waals surface area contributed by atoms with Crippen LogP contribution in [0.5, 0.6) is 0 Å². The molecule has 0 aliphatic rings. The summed E-state index contributed by atoms with van der Waals surface area (Å²) < 4.78 is 0. The summed E-state index contributed by atoms with van der Waals surface area (Å²) in [6.07, 6.45) is 0. The van der Waals surface area contributed by atoms with Crippen LogP contribution in [0.2, 0.25) is 0 Å². The summed E-state index contributed by atoms with van der Waals surface area (Å²) in [5, 5.41) is 0. The smallest absolute Gasteiger partial charge is 0.242 e. The van der Waals surface area contributed by atoms with Crippen molar-refractivity contribution < 1.29 is 51.4 Å². The van der Waals surface area contributed by atoms with E-state index in [0.29, 0.717) is 0 Å². The van der Waals surface area contributed by atoms with Crippen molar-refractivity contribution in [1.29, 1.82) is 0 Å². The van der Waals surface area contributed by atoms with Gasteiger partial charge in [-0.05, 0) is 0 Å². The maximum Gasteiger partial charge on any atom is 1.00 e. The average molecular weight is 94.2 g/mol. The molecular formula is C4H7K. The first-order valence-electron chi connectivity index (χ1n) is 1.21. The molecule has 24 valence electrons. The van der Waals surface area contributed by atoms with Crippen LogP contribution in [0.25, 0.3) is 0 Å². The van der Waals surface area contributed by atoms with Crippen molar-refractivity contribution in [2.24, 2.45) is 0 Å². The third-order valence-corrected chi connectivity index (χ3v) is 0. The maximum atomic E-state index is 3.44. The fourth-order valence-corrected chi connectivity index (χ4v) is 0. The maximum absolute atomic E-state index is 3.44. The Balaban J connectivity index is 0. The molecule has 0 aliphatic heterocycles. The Kier molecular flexibility index (Phi) is 10.0. The van der Waals surface area contributed by atoms with Gasteiger partial charge >= 0.3 is 51.4 Å². The zero-order valence-corrected chi connectivity index (χ0v) is 7.04. The van der Waals surface area contributed by atoms with Crippen LogP contribution in [0.1, 0.15) is 6.92 Å². The molecule has 0 N–H and O–H groups in total. The number of hydrogen-bond donors (Lipinski definition) is 0. The molecule has 0 fully saturated rings. The number of hydrogen-bond acceptors (Lipinski definition) is 0. The van der Waals surface area contributed by atoms with Crippen LogP contribution in [0.4, 0.5) is 0 Å². The monoisotopic (exact) mass is 94.0 g/mol. The van der Waals surface area contributed by atoms with Crippen LogP contribution >= 0.6 is 0 Å². The summed E-state index contributed by atoms with van der Waals surface area (Å²) >= 11 is 0. The summed E-state index contributed by atoms with van der Waals surface area (Å²) in [5.74, 6) is 0. The first-order chi connectivity index (χ1) is 1.73. The molecule has 0 saturated carbocycles. The second kappa shape index (κ2) is 5.25. The van der Waals surface area contributed by atoms with Crippen LogP contribution in [0.15, 0.2) is 12.2 Å². The van der Waals surface area contributed by atoms with Gasteiger partial charge in [0.25, 0.3) is 0 Å². The Morgan fingerprint density at radius 2 is 1.80 bits per heavy atom. The van der Waals surface area contributed by atoms with E-state index < -0.39 is 0 Å². The second-order valence-corrected chi connectivity index (χ2v) is 0.957. The van der Waals surface area contributed by atoms with Crippen LogP contribution in [0.3, 0.4) is 0 Å². The fraction of sp³-hybridized carbons (Fsp3) is 0.250. The van der Waals surface area contributed by atoms with Crippen molar-refractivity contribution in [2.75, 3.05) is 0 Å². The van der Waals surface area contributed by atoms with Gasteiger partial charge in [0.2, 0.25) is 0 Å². The summed E-state index contributed by atoms with van der Waals surface area (Å²) in [7, 11) is 0. The topological polar surface area (TPSA) is 0 Å². The van der Waals surface area contributed by atoms with Gasteiger partial charge in [-0.3, -0.25) is 0 Å².